The van der Waals surface area contributed by atoms with Crippen LogP contribution in [0.5, 0.6) is 0 Å². The van der Waals surface area contributed by atoms with Crippen molar-refractivity contribution in [3.8, 4) is 0 Å². The van der Waals surface area contributed by atoms with Gasteiger partial charge in [-0.2, -0.15) is 5.10 Å². The van der Waals surface area contributed by atoms with E-state index in [1.807, 2.05) is 6.92 Å². The Labute approximate surface area is 164 Å². The molecule has 0 atom stereocenters. The molecule has 2 amide bonds. The Morgan fingerprint density at radius 1 is 1.36 bits per heavy atom. The fourth-order valence-electron chi connectivity index (χ4n) is 2.33. The van der Waals surface area contributed by atoms with Gasteiger partial charge in [0, 0.05) is 6.20 Å². The number of ether oxygens (including phenoxy) is 1. The molecule has 0 aromatic carbocycles. The summed E-state index contributed by atoms with van der Waals surface area (Å²) in [5.74, 6) is -2.98. The molecule has 2 aromatic rings. The molecule has 0 unspecified atom stereocenters. The number of carboxylic acid groups (broad SMARTS) is 1. The number of rotatable bonds is 9. The molecule has 0 radical (unpaired) electrons. The summed E-state index contributed by atoms with van der Waals surface area (Å²) >= 11 is 0.880. The molecule has 2 rings (SSSR count). The molecule has 150 valence electrons. The van der Waals surface area contributed by atoms with Crippen molar-refractivity contribution in [3.63, 3.8) is 0 Å². The van der Waals surface area contributed by atoms with Crippen LogP contribution in [0.3, 0.4) is 0 Å². The van der Waals surface area contributed by atoms with Crippen LogP contribution in [0.25, 0.3) is 0 Å². The van der Waals surface area contributed by atoms with Crippen LogP contribution in [-0.2, 0) is 16.1 Å². The molecular formula is C17H20N4O6S. The number of amides is 2. The number of carbonyl (C=O) groups is 4. The molecule has 28 heavy (non-hydrogen) atoms. The van der Waals surface area contributed by atoms with Crippen LogP contribution in [0, 0.1) is 6.92 Å². The van der Waals surface area contributed by atoms with Crippen LogP contribution in [-0.4, -0.2) is 45.2 Å². The number of carboxylic acids is 1. The summed E-state index contributed by atoms with van der Waals surface area (Å²) in [6.07, 6.45) is 1.96. The van der Waals surface area contributed by atoms with Crippen molar-refractivity contribution in [1.29, 1.82) is 0 Å². The molecule has 2 aromatic heterocycles. The smallest absolute Gasteiger partial charge is 0.341 e. The topological polar surface area (TPSA) is 154 Å². The molecule has 11 heteroatoms. The number of hydrogen-bond acceptors (Lipinski definition) is 7. The first-order chi connectivity index (χ1) is 13.2. The molecule has 10 nitrogen and oxygen atoms in total. The van der Waals surface area contributed by atoms with E-state index in [4.69, 9.17) is 15.6 Å². The van der Waals surface area contributed by atoms with Crippen molar-refractivity contribution in [2.24, 2.45) is 5.73 Å². The monoisotopic (exact) mass is 408 g/mol. The van der Waals surface area contributed by atoms with Gasteiger partial charge in [-0.3, -0.25) is 19.1 Å². The van der Waals surface area contributed by atoms with Gasteiger partial charge in [-0.1, -0.05) is 6.92 Å². The summed E-state index contributed by atoms with van der Waals surface area (Å²) < 4.78 is 6.45. The van der Waals surface area contributed by atoms with Gasteiger partial charge in [0.2, 0.25) is 0 Å². The largest absolute Gasteiger partial charge is 0.481 e. The highest BCUT2D eigenvalue weighted by Gasteiger charge is 2.26. The molecule has 0 bridgehead atoms. The lowest BCUT2D eigenvalue weighted by molar-refractivity contribution is -0.137. The van der Waals surface area contributed by atoms with E-state index in [9.17, 15) is 19.2 Å². The van der Waals surface area contributed by atoms with Gasteiger partial charge in [-0.15, -0.1) is 11.3 Å². The van der Waals surface area contributed by atoms with Crippen LogP contribution in [0.15, 0.2) is 12.3 Å². The number of nitrogens with two attached hydrogens (primary N) is 1. The molecule has 2 heterocycles. The minimum atomic E-state index is -0.982. The van der Waals surface area contributed by atoms with Gasteiger partial charge in [-0.25, -0.2) is 4.79 Å². The lowest BCUT2D eigenvalue weighted by atomic mass is 10.1. The number of esters is 1. The predicted molar refractivity (Wildman–Crippen MR) is 101 cm³/mol. The van der Waals surface area contributed by atoms with Crippen molar-refractivity contribution in [2.75, 3.05) is 11.9 Å². The number of nitrogens with one attached hydrogen (secondary N) is 1. The van der Waals surface area contributed by atoms with Gasteiger partial charge in [0.25, 0.3) is 11.8 Å². The van der Waals surface area contributed by atoms with Crippen molar-refractivity contribution < 1.29 is 29.0 Å². The zero-order valence-corrected chi connectivity index (χ0v) is 16.2. The molecule has 0 fully saturated rings. The highest BCUT2D eigenvalue weighted by Crippen LogP contribution is 2.33. The van der Waals surface area contributed by atoms with Crippen LogP contribution >= 0.6 is 11.3 Å². The van der Waals surface area contributed by atoms with Gasteiger partial charge in [0.05, 0.1) is 30.0 Å². The Bertz CT molecular complexity index is 917. The molecule has 0 spiro atoms. The summed E-state index contributed by atoms with van der Waals surface area (Å²) in [5.41, 5.74) is 5.78. The first-order valence-electron chi connectivity index (χ1n) is 8.41. The second-order valence-corrected chi connectivity index (χ2v) is 6.84. The van der Waals surface area contributed by atoms with Crippen LogP contribution < -0.4 is 11.1 Å². The number of aryl methyl sites for hydroxylation is 1. The first-order valence-corrected chi connectivity index (χ1v) is 9.23. The maximum atomic E-state index is 12.5. The number of aliphatic carboxylic acids is 1. The highest BCUT2D eigenvalue weighted by molar-refractivity contribution is 7.18. The molecular weight excluding hydrogens is 388 g/mol. The van der Waals surface area contributed by atoms with Gasteiger partial charge in [0.15, 0.2) is 5.69 Å². The second-order valence-electron chi connectivity index (χ2n) is 5.82. The van der Waals surface area contributed by atoms with Crippen LogP contribution in [0.4, 0.5) is 5.00 Å². The summed E-state index contributed by atoms with van der Waals surface area (Å²) in [6, 6.07) is 1.42. The third-order valence-corrected chi connectivity index (χ3v) is 4.89. The van der Waals surface area contributed by atoms with E-state index >= 15 is 0 Å². The Kier molecular flexibility index (Phi) is 6.88. The number of hydrogen-bond donors (Lipinski definition) is 3. The molecule has 0 saturated carbocycles. The summed E-state index contributed by atoms with van der Waals surface area (Å²) in [5, 5.41) is 15.4. The van der Waals surface area contributed by atoms with Crippen molar-refractivity contribution in [3.05, 3.63) is 34.0 Å². The number of primary amides is 1. The molecule has 0 aliphatic heterocycles. The van der Waals surface area contributed by atoms with E-state index in [0.717, 1.165) is 11.3 Å². The maximum Gasteiger partial charge on any atom is 0.341 e. The Balaban J connectivity index is 2.25. The van der Waals surface area contributed by atoms with Crippen molar-refractivity contribution in [2.45, 2.75) is 33.2 Å². The van der Waals surface area contributed by atoms with Crippen molar-refractivity contribution in [1.82, 2.24) is 9.78 Å². The van der Waals surface area contributed by atoms with E-state index in [2.05, 4.69) is 10.4 Å². The third kappa shape index (κ3) is 4.94. The van der Waals surface area contributed by atoms with E-state index in [1.54, 1.807) is 6.92 Å². The molecule has 4 N–H and O–H groups in total. The Morgan fingerprint density at radius 2 is 2.07 bits per heavy atom. The van der Waals surface area contributed by atoms with Crippen LogP contribution in [0.1, 0.15) is 55.8 Å². The SMILES string of the molecule is CCCOC(=O)c1c(NC(=O)c2ccn(CCC(=O)O)n2)sc(C(N)=O)c1C. The van der Waals surface area contributed by atoms with Crippen molar-refractivity contribution >= 4 is 40.1 Å². The number of thiophene rings is 1. The Morgan fingerprint density at radius 3 is 2.68 bits per heavy atom. The lowest BCUT2D eigenvalue weighted by Gasteiger charge is -2.07. The maximum absolute atomic E-state index is 12.5. The number of anilines is 1. The summed E-state index contributed by atoms with van der Waals surface area (Å²) in [6.45, 7) is 3.70. The number of nitrogens with zero attached hydrogens (tertiary/aromatic N) is 2. The van der Waals surface area contributed by atoms with Gasteiger partial charge < -0.3 is 20.9 Å². The van der Waals surface area contributed by atoms with Crippen LogP contribution in [0.2, 0.25) is 0 Å². The quantitative estimate of drug-likeness (QED) is 0.533. The summed E-state index contributed by atoms with van der Waals surface area (Å²) in [4.78, 5) is 47.2. The average Bonchev–Trinajstić information content (AvgIpc) is 3.22. The zero-order chi connectivity index (χ0) is 20.8. The first kappa shape index (κ1) is 21.1. The highest BCUT2D eigenvalue weighted by atomic mass is 32.1. The van der Waals surface area contributed by atoms with E-state index < -0.39 is 23.8 Å². The predicted octanol–water partition coefficient (Wildman–Crippen LogP) is 1.65. The van der Waals surface area contributed by atoms with Gasteiger partial charge in [0.1, 0.15) is 5.00 Å². The molecule has 0 aliphatic carbocycles. The Hall–Kier alpha value is -3.21. The van der Waals surface area contributed by atoms with Gasteiger partial charge >= 0.3 is 11.9 Å². The third-order valence-electron chi connectivity index (χ3n) is 3.67. The molecule has 0 aliphatic rings. The summed E-state index contributed by atoms with van der Waals surface area (Å²) in [7, 11) is 0. The van der Waals surface area contributed by atoms with Gasteiger partial charge in [-0.05, 0) is 25.0 Å². The van der Waals surface area contributed by atoms with E-state index in [0.29, 0.717) is 12.0 Å². The number of carbonyl (C=O) groups excluding carboxylic acids is 3. The minimum Gasteiger partial charge on any atom is -0.481 e. The normalized spacial score (nSPS) is 10.5. The standard InChI is InChI=1S/C17H20N4O6S/c1-3-8-27-17(26)12-9(2)13(14(18)24)28-16(12)19-15(25)10-4-6-21(20-10)7-5-11(22)23/h4,6H,3,5,7-8H2,1-2H3,(H2,18,24)(H,19,25)(H,22,23). The lowest BCUT2D eigenvalue weighted by Crippen LogP contribution is -2.16. The average molecular weight is 408 g/mol. The van der Waals surface area contributed by atoms with E-state index in [1.165, 1.54) is 16.9 Å². The number of aromatic nitrogens is 2. The fraction of sp³-hybridized carbons (Fsp3) is 0.353. The molecule has 0 saturated heterocycles. The van der Waals surface area contributed by atoms with E-state index in [-0.39, 0.29) is 40.7 Å². The second kappa shape index (κ2) is 9.13. The fourth-order valence-corrected chi connectivity index (χ4v) is 3.38. The zero-order valence-electron chi connectivity index (χ0n) is 15.4. The minimum absolute atomic E-state index is 0.0324.